The Bertz CT molecular complexity index is 810. The molecular weight excluding hydrogens is 375 g/mol. The number of nitrogens with two attached hydrogens (primary N) is 1. The van der Waals surface area contributed by atoms with Gasteiger partial charge in [-0.2, -0.15) is 0 Å². The third kappa shape index (κ3) is 4.66. The molecule has 150 valence electrons. The maximum Gasteiger partial charge on any atom is 0.573 e. The van der Waals surface area contributed by atoms with Crippen molar-refractivity contribution in [1.29, 1.82) is 0 Å². The number of methoxy groups -OCH3 is 1. The lowest BCUT2D eigenvalue weighted by molar-refractivity contribution is -0.274. The minimum Gasteiger partial charge on any atom is -0.497 e. The van der Waals surface area contributed by atoms with Gasteiger partial charge in [0.25, 0.3) is 0 Å². The lowest BCUT2D eigenvalue weighted by Crippen LogP contribution is -2.37. The van der Waals surface area contributed by atoms with Gasteiger partial charge in [-0.3, -0.25) is 5.01 Å². The molecule has 2 amide bonds. The summed E-state index contributed by atoms with van der Waals surface area (Å²) in [6, 6.07) is 12.5. The molecule has 1 fully saturated rings. The molecule has 2 aromatic carbocycles. The van der Waals surface area contributed by atoms with Gasteiger partial charge < -0.3 is 14.4 Å². The van der Waals surface area contributed by atoms with Crippen LogP contribution in [0.1, 0.15) is 17.2 Å². The molecular formula is C19H20F3N3O3. The molecule has 2 aromatic rings. The van der Waals surface area contributed by atoms with Crippen LogP contribution in [0.4, 0.5) is 18.0 Å². The molecule has 0 spiro atoms. The lowest BCUT2D eigenvalue weighted by Gasteiger charge is -2.23. The maximum atomic E-state index is 12.4. The molecule has 0 aliphatic carbocycles. The van der Waals surface area contributed by atoms with Gasteiger partial charge in [0.05, 0.1) is 19.7 Å². The number of rotatable bonds is 6. The Morgan fingerprint density at radius 2 is 1.68 bits per heavy atom. The summed E-state index contributed by atoms with van der Waals surface area (Å²) in [5.41, 5.74) is 1.71. The van der Waals surface area contributed by atoms with E-state index in [0.717, 1.165) is 16.1 Å². The van der Waals surface area contributed by atoms with Gasteiger partial charge in [-0.05, 0) is 41.8 Å². The first kappa shape index (κ1) is 19.8. The summed E-state index contributed by atoms with van der Waals surface area (Å²) >= 11 is 0. The molecule has 1 atom stereocenters. The topological polar surface area (TPSA) is 68.0 Å². The van der Waals surface area contributed by atoms with Gasteiger partial charge >= 0.3 is 12.4 Å². The van der Waals surface area contributed by atoms with Crippen molar-refractivity contribution in [2.75, 3.05) is 20.2 Å². The Balaban J connectivity index is 1.67. The molecule has 28 heavy (non-hydrogen) atoms. The summed E-state index contributed by atoms with van der Waals surface area (Å²) in [5, 5.41) is 1.16. The predicted molar refractivity (Wildman–Crippen MR) is 95.6 cm³/mol. The zero-order valence-corrected chi connectivity index (χ0v) is 15.1. The molecule has 1 saturated heterocycles. The third-order valence-corrected chi connectivity index (χ3v) is 4.54. The van der Waals surface area contributed by atoms with Crippen molar-refractivity contribution in [3.8, 4) is 11.5 Å². The molecule has 0 aromatic heterocycles. The first-order valence-corrected chi connectivity index (χ1v) is 8.58. The van der Waals surface area contributed by atoms with E-state index in [0.29, 0.717) is 25.3 Å². The molecule has 1 heterocycles. The fourth-order valence-electron chi connectivity index (χ4n) is 3.13. The number of amides is 2. The van der Waals surface area contributed by atoms with E-state index in [4.69, 9.17) is 10.6 Å². The van der Waals surface area contributed by atoms with Crippen molar-refractivity contribution >= 4 is 6.03 Å². The van der Waals surface area contributed by atoms with Crippen LogP contribution in [0.3, 0.4) is 0 Å². The zero-order chi connectivity index (χ0) is 20.3. The number of nitrogens with zero attached hydrogens (tertiary/aromatic N) is 2. The van der Waals surface area contributed by atoms with E-state index in [1.807, 2.05) is 24.3 Å². The highest BCUT2D eigenvalue weighted by Crippen LogP contribution is 2.30. The van der Waals surface area contributed by atoms with Crippen LogP contribution in [0.25, 0.3) is 0 Å². The molecule has 1 aliphatic heterocycles. The number of ether oxygens (including phenoxy) is 2. The molecule has 2 N–H and O–H groups in total. The first-order valence-electron chi connectivity index (χ1n) is 8.58. The van der Waals surface area contributed by atoms with Gasteiger partial charge in [-0.15, -0.1) is 13.2 Å². The largest absolute Gasteiger partial charge is 0.573 e. The van der Waals surface area contributed by atoms with Crippen LogP contribution in [0, 0.1) is 0 Å². The van der Waals surface area contributed by atoms with Gasteiger partial charge in [0.2, 0.25) is 0 Å². The van der Waals surface area contributed by atoms with E-state index < -0.39 is 6.36 Å². The molecule has 1 aliphatic rings. The second kappa shape index (κ2) is 7.97. The number of benzene rings is 2. The van der Waals surface area contributed by atoms with Crippen molar-refractivity contribution < 1.29 is 27.4 Å². The summed E-state index contributed by atoms with van der Waals surface area (Å²) in [4.78, 5) is 14.1. The summed E-state index contributed by atoms with van der Waals surface area (Å²) in [6.45, 7) is 0.728. The van der Waals surface area contributed by atoms with E-state index in [1.165, 1.54) is 12.1 Å². The predicted octanol–water partition coefficient (Wildman–Crippen LogP) is 3.49. The van der Waals surface area contributed by atoms with Crippen molar-refractivity contribution in [3.05, 3.63) is 59.7 Å². The highest BCUT2D eigenvalue weighted by molar-refractivity contribution is 5.77. The van der Waals surface area contributed by atoms with Gasteiger partial charge in [0.15, 0.2) is 0 Å². The third-order valence-electron chi connectivity index (χ3n) is 4.54. The van der Waals surface area contributed by atoms with Crippen LogP contribution in [0.5, 0.6) is 11.5 Å². The number of halogens is 3. The van der Waals surface area contributed by atoms with Crippen molar-refractivity contribution in [2.45, 2.75) is 18.8 Å². The second-order valence-corrected chi connectivity index (χ2v) is 6.36. The van der Waals surface area contributed by atoms with Crippen LogP contribution < -0.4 is 15.3 Å². The van der Waals surface area contributed by atoms with Crippen molar-refractivity contribution in [1.82, 2.24) is 9.91 Å². The van der Waals surface area contributed by atoms with Crippen LogP contribution in [0.15, 0.2) is 48.5 Å². The number of carbonyl (C=O) groups excluding carboxylic acids is 1. The van der Waals surface area contributed by atoms with Crippen molar-refractivity contribution in [3.63, 3.8) is 0 Å². The van der Waals surface area contributed by atoms with Crippen LogP contribution in [-0.4, -0.2) is 42.5 Å². The zero-order valence-electron chi connectivity index (χ0n) is 15.1. The molecule has 0 saturated carbocycles. The fourth-order valence-corrected chi connectivity index (χ4v) is 3.13. The summed E-state index contributed by atoms with van der Waals surface area (Å²) in [7, 11) is 1.58. The molecule has 0 bridgehead atoms. The van der Waals surface area contributed by atoms with E-state index in [-0.39, 0.29) is 17.8 Å². The number of hydrogen-bond acceptors (Lipinski definition) is 4. The minimum atomic E-state index is -4.72. The monoisotopic (exact) mass is 395 g/mol. The fraction of sp³-hybridized carbons (Fsp3) is 0.316. The molecule has 1 unspecified atom stereocenters. The number of hydrogen-bond donors (Lipinski definition) is 1. The van der Waals surface area contributed by atoms with Crippen LogP contribution >= 0.6 is 0 Å². The number of carbonyl (C=O) groups is 1. The Morgan fingerprint density at radius 1 is 1.07 bits per heavy atom. The smallest absolute Gasteiger partial charge is 0.497 e. The maximum absolute atomic E-state index is 12.4. The highest BCUT2D eigenvalue weighted by atomic mass is 19.4. The molecule has 6 nitrogen and oxygen atoms in total. The van der Waals surface area contributed by atoms with Gasteiger partial charge in [0, 0.05) is 6.54 Å². The Kier molecular flexibility index (Phi) is 5.64. The number of urea groups is 1. The molecule has 3 rings (SSSR count). The standard InChI is InChI=1S/C19H20F3N3O3/c1-27-15-8-4-14(5-9-15)17-12-25(23)18(26)24(17)11-10-13-2-6-16(7-3-13)28-19(20,21)22/h2-9,17H,10-12,23H2,1H3. The quantitative estimate of drug-likeness (QED) is 0.601. The molecule has 0 radical (unpaired) electrons. The van der Waals surface area contributed by atoms with E-state index in [1.54, 1.807) is 24.1 Å². The van der Waals surface area contributed by atoms with E-state index in [2.05, 4.69) is 4.74 Å². The average molecular weight is 395 g/mol. The summed E-state index contributed by atoms with van der Waals surface area (Å²) in [6.07, 6.45) is -4.25. The Hall–Kier alpha value is -2.94. The van der Waals surface area contributed by atoms with Crippen molar-refractivity contribution in [2.24, 2.45) is 5.84 Å². The van der Waals surface area contributed by atoms with E-state index in [9.17, 15) is 18.0 Å². The van der Waals surface area contributed by atoms with Gasteiger partial charge in [0.1, 0.15) is 11.5 Å². The summed E-state index contributed by atoms with van der Waals surface area (Å²) < 4.78 is 45.7. The van der Waals surface area contributed by atoms with Gasteiger partial charge in [-0.1, -0.05) is 24.3 Å². The normalized spacial score (nSPS) is 17.2. The SMILES string of the molecule is COc1ccc(C2CN(N)C(=O)N2CCc2ccc(OC(F)(F)F)cc2)cc1. The number of alkyl halides is 3. The van der Waals surface area contributed by atoms with Gasteiger partial charge in [-0.25, -0.2) is 10.6 Å². The second-order valence-electron chi connectivity index (χ2n) is 6.36. The highest BCUT2D eigenvalue weighted by Gasteiger charge is 2.36. The summed E-state index contributed by atoms with van der Waals surface area (Å²) in [5.74, 6) is 6.23. The first-order chi connectivity index (χ1) is 13.3. The lowest BCUT2D eigenvalue weighted by atomic mass is 10.1. The molecule has 9 heteroatoms. The van der Waals surface area contributed by atoms with Crippen LogP contribution in [-0.2, 0) is 6.42 Å². The minimum absolute atomic E-state index is 0.212. The Morgan fingerprint density at radius 3 is 2.25 bits per heavy atom. The average Bonchev–Trinajstić information content (AvgIpc) is 2.94. The Labute approximate surface area is 160 Å². The number of hydrazine groups is 1. The van der Waals surface area contributed by atoms with Crippen LogP contribution in [0.2, 0.25) is 0 Å². The van der Waals surface area contributed by atoms with E-state index >= 15 is 0 Å².